The average molecular weight is 339 g/mol. The van der Waals surface area contributed by atoms with Crippen molar-refractivity contribution in [2.24, 2.45) is 0 Å². The third-order valence-corrected chi connectivity index (χ3v) is 5.54. The van der Waals surface area contributed by atoms with Gasteiger partial charge in [0.15, 0.2) is 0 Å². The van der Waals surface area contributed by atoms with Crippen molar-refractivity contribution >= 4 is 15.9 Å². The zero-order valence-corrected chi connectivity index (χ0v) is 14.6. The molecule has 0 unspecified atom stereocenters. The molecular weight excluding hydrogens is 314 g/mol. The van der Waals surface area contributed by atoms with Gasteiger partial charge in [0, 0.05) is 38.3 Å². The highest BCUT2D eigenvalue weighted by Crippen LogP contribution is 2.13. The number of sulfonamides is 1. The van der Waals surface area contributed by atoms with Crippen LogP contribution < -0.4 is 4.72 Å². The summed E-state index contributed by atoms with van der Waals surface area (Å²) < 4.78 is 26.6. The molecule has 7 heteroatoms. The first-order valence-corrected chi connectivity index (χ1v) is 9.57. The Balaban J connectivity index is 2.03. The minimum absolute atomic E-state index is 0.0359. The van der Waals surface area contributed by atoms with Crippen LogP contribution in [0.3, 0.4) is 0 Å². The molecule has 1 aliphatic rings. The van der Waals surface area contributed by atoms with Crippen LogP contribution in [0.1, 0.15) is 30.6 Å². The van der Waals surface area contributed by atoms with Crippen LogP contribution in [0.5, 0.6) is 0 Å². The molecule has 6 nitrogen and oxygen atoms in total. The normalized spacial score (nSPS) is 16.5. The van der Waals surface area contributed by atoms with Gasteiger partial charge in [-0.1, -0.05) is 13.8 Å². The Kier molecular flexibility index (Phi) is 6.15. The molecule has 0 aliphatic carbocycles. The quantitative estimate of drug-likeness (QED) is 0.844. The van der Waals surface area contributed by atoms with Crippen molar-refractivity contribution < 1.29 is 13.2 Å². The number of rotatable bonds is 6. The highest BCUT2D eigenvalue weighted by Gasteiger charge is 2.22. The van der Waals surface area contributed by atoms with Gasteiger partial charge in [0.25, 0.3) is 5.91 Å². The molecule has 1 aromatic rings. The molecule has 1 heterocycles. The number of benzene rings is 1. The van der Waals surface area contributed by atoms with Gasteiger partial charge in [-0.2, -0.15) is 0 Å². The first-order chi connectivity index (χ1) is 11.0. The van der Waals surface area contributed by atoms with Crippen molar-refractivity contribution in [2.75, 3.05) is 39.3 Å². The Hall–Kier alpha value is -1.44. The van der Waals surface area contributed by atoms with E-state index in [4.69, 9.17) is 0 Å². The molecule has 1 N–H and O–H groups in total. The van der Waals surface area contributed by atoms with Crippen LogP contribution >= 0.6 is 0 Å². The summed E-state index contributed by atoms with van der Waals surface area (Å²) in [4.78, 5) is 16.8. The minimum Gasteiger partial charge on any atom is -0.336 e. The molecule has 0 bridgehead atoms. The van der Waals surface area contributed by atoms with E-state index in [2.05, 4.69) is 16.5 Å². The fraction of sp³-hybridized carbons (Fsp3) is 0.562. The number of carbonyl (C=O) groups is 1. The van der Waals surface area contributed by atoms with Gasteiger partial charge in [-0.15, -0.1) is 0 Å². The Morgan fingerprint density at radius 3 is 2.22 bits per heavy atom. The molecule has 0 spiro atoms. The predicted molar refractivity (Wildman–Crippen MR) is 89.9 cm³/mol. The number of likely N-dealkylation sites (N-methyl/N-ethyl adjacent to an activating group) is 1. The number of amides is 1. The summed E-state index contributed by atoms with van der Waals surface area (Å²) in [6.07, 6.45) is 0.736. The number of hydrogen-bond acceptors (Lipinski definition) is 4. The molecule has 0 atom stereocenters. The van der Waals surface area contributed by atoms with Crippen LogP contribution in [0.15, 0.2) is 29.2 Å². The van der Waals surface area contributed by atoms with Crippen LogP contribution in [-0.2, 0) is 10.0 Å². The second-order valence-corrected chi connectivity index (χ2v) is 7.42. The van der Waals surface area contributed by atoms with Gasteiger partial charge in [-0.05, 0) is 37.2 Å². The molecule has 23 heavy (non-hydrogen) atoms. The van der Waals surface area contributed by atoms with Crippen molar-refractivity contribution in [3.8, 4) is 0 Å². The van der Waals surface area contributed by atoms with Gasteiger partial charge in [0.05, 0.1) is 4.90 Å². The molecule has 1 aromatic carbocycles. The molecule has 2 rings (SSSR count). The number of hydrogen-bond donors (Lipinski definition) is 1. The summed E-state index contributed by atoms with van der Waals surface area (Å²) in [7, 11) is -3.48. The summed E-state index contributed by atoms with van der Waals surface area (Å²) >= 11 is 0. The molecule has 128 valence electrons. The molecule has 0 radical (unpaired) electrons. The van der Waals surface area contributed by atoms with Crippen molar-refractivity contribution in [3.05, 3.63) is 29.8 Å². The van der Waals surface area contributed by atoms with E-state index < -0.39 is 10.0 Å². The third kappa shape index (κ3) is 4.53. The van der Waals surface area contributed by atoms with Crippen LogP contribution in [0.4, 0.5) is 0 Å². The lowest BCUT2D eigenvalue weighted by Gasteiger charge is -2.34. The lowest BCUT2D eigenvalue weighted by molar-refractivity contribution is 0.0643. The molecule has 1 aliphatic heterocycles. The Labute approximate surface area is 138 Å². The molecular formula is C16H25N3O3S. The SMILES string of the molecule is CCCNS(=O)(=O)c1ccc(C(=O)N2CCN(CC)CC2)cc1. The van der Waals surface area contributed by atoms with E-state index in [-0.39, 0.29) is 10.8 Å². The highest BCUT2D eigenvalue weighted by atomic mass is 32.2. The Morgan fingerprint density at radius 2 is 1.70 bits per heavy atom. The first kappa shape index (κ1) is 17.9. The largest absolute Gasteiger partial charge is 0.336 e. The second kappa shape index (κ2) is 7.90. The van der Waals surface area contributed by atoms with Crippen LogP contribution in [0.2, 0.25) is 0 Å². The van der Waals surface area contributed by atoms with Crippen molar-refractivity contribution in [1.29, 1.82) is 0 Å². The average Bonchev–Trinajstić information content (AvgIpc) is 2.59. The number of nitrogens with zero attached hydrogens (tertiary/aromatic N) is 2. The molecule has 1 amide bonds. The third-order valence-electron chi connectivity index (χ3n) is 4.06. The van der Waals surface area contributed by atoms with E-state index in [9.17, 15) is 13.2 Å². The van der Waals surface area contributed by atoms with Gasteiger partial charge in [-0.25, -0.2) is 13.1 Å². The summed E-state index contributed by atoms with van der Waals surface area (Å²) in [6, 6.07) is 6.17. The fourth-order valence-corrected chi connectivity index (χ4v) is 3.68. The summed E-state index contributed by atoms with van der Waals surface area (Å²) in [5.74, 6) is -0.0359. The van der Waals surface area contributed by atoms with Gasteiger partial charge >= 0.3 is 0 Å². The van der Waals surface area contributed by atoms with E-state index in [1.54, 1.807) is 12.1 Å². The van der Waals surface area contributed by atoms with Crippen LogP contribution in [0.25, 0.3) is 0 Å². The lowest BCUT2D eigenvalue weighted by atomic mass is 10.2. The van der Waals surface area contributed by atoms with Crippen molar-refractivity contribution in [2.45, 2.75) is 25.2 Å². The van der Waals surface area contributed by atoms with Gasteiger partial charge < -0.3 is 9.80 Å². The molecule has 0 saturated carbocycles. The first-order valence-electron chi connectivity index (χ1n) is 8.09. The number of nitrogens with one attached hydrogen (secondary N) is 1. The van der Waals surface area contributed by atoms with E-state index in [0.717, 1.165) is 26.1 Å². The van der Waals surface area contributed by atoms with Crippen molar-refractivity contribution in [1.82, 2.24) is 14.5 Å². The lowest BCUT2D eigenvalue weighted by Crippen LogP contribution is -2.48. The minimum atomic E-state index is -3.48. The van der Waals surface area contributed by atoms with Gasteiger partial charge in [0.2, 0.25) is 10.0 Å². The Morgan fingerprint density at radius 1 is 1.09 bits per heavy atom. The summed E-state index contributed by atoms with van der Waals surface area (Å²) in [5.41, 5.74) is 0.532. The molecule has 0 aromatic heterocycles. The zero-order valence-electron chi connectivity index (χ0n) is 13.8. The van der Waals surface area contributed by atoms with E-state index in [0.29, 0.717) is 25.2 Å². The maximum absolute atomic E-state index is 12.5. The van der Waals surface area contributed by atoms with Crippen LogP contribution in [0, 0.1) is 0 Å². The second-order valence-electron chi connectivity index (χ2n) is 5.65. The fourth-order valence-electron chi connectivity index (χ4n) is 2.55. The maximum Gasteiger partial charge on any atom is 0.253 e. The summed E-state index contributed by atoms with van der Waals surface area (Å²) in [5, 5.41) is 0. The van der Waals surface area contributed by atoms with E-state index in [1.165, 1.54) is 12.1 Å². The van der Waals surface area contributed by atoms with Crippen LogP contribution in [-0.4, -0.2) is 63.4 Å². The number of carbonyl (C=O) groups excluding carboxylic acids is 1. The maximum atomic E-state index is 12.5. The van der Waals surface area contributed by atoms with E-state index in [1.807, 2.05) is 11.8 Å². The highest BCUT2D eigenvalue weighted by molar-refractivity contribution is 7.89. The topological polar surface area (TPSA) is 69.7 Å². The molecule has 1 fully saturated rings. The molecule has 1 saturated heterocycles. The van der Waals surface area contributed by atoms with Crippen molar-refractivity contribution in [3.63, 3.8) is 0 Å². The van der Waals surface area contributed by atoms with Gasteiger partial charge in [-0.3, -0.25) is 4.79 Å². The smallest absolute Gasteiger partial charge is 0.253 e. The zero-order chi connectivity index (χ0) is 16.9. The Bertz CT molecular complexity index is 620. The number of piperazine rings is 1. The summed E-state index contributed by atoms with van der Waals surface area (Å²) in [6.45, 7) is 8.62. The standard InChI is InChI=1S/C16H25N3O3S/c1-3-9-17-23(21,22)15-7-5-14(6-8-15)16(20)19-12-10-18(4-2)11-13-19/h5-8,17H,3-4,9-13H2,1-2H3. The monoisotopic (exact) mass is 339 g/mol. The van der Waals surface area contributed by atoms with E-state index >= 15 is 0 Å². The van der Waals surface area contributed by atoms with Gasteiger partial charge in [0.1, 0.15) is 0 Å². The predicted octanol–water partition coefficient (Wildman–Crippen LogP) is 1.15.